The molecule has 3 fully saturated rings. The normalized spacial score (nSPS) is 43.6. The summed E-state index contributed by atoms with van der Waals surface area (Å²) in [6, 6.07) is 2.07. The van der Waals surface area contributed by atoms with Crippen LogP contribution in [0.5, 0.6) is 0 Å². The molecule has 0 aliphatic carbocycles. The Bertz CT molecular complexity index is 237. The molecular weight excluding hydrogens is 214 g/mol. The first-order chi connectivity index (χ1) is 8.40. The summed E-state index contributed by atoms with van der Waals surface area (Å²) in [4.78, 5) is 2.74. The molecule has 0 radical (unpaired) electrons. The molecule has 98 valence electrons. The molecule has 4 atom stereocenters. The number of ether oxygens (including phenoxy) is 1. The molecular formula is C13H25N3O. The van der Waals surface area contributed by atoms with Gasteiger partial charge in [0, 0.05) is 56.8 Å². The van der Waals surface area contributed by atoms with Gasteiger partial charge < -0.3 is 15.4 Å². The van der Waals surface area contributed by atoms with E-state index in [1.54, 1.807) is 0 Å². The van der Waals surface area contributed by atoms with Crippen LogP contribution < -0.4 is 10.6 Å². The number of nitrogens with zero attached hydrogens (tertiary/aromatic N) is 1. The van der Waals surface area contributed by atoms with Crippen LogP contribution >= 0.6 is 0 Å². The Morgan fingerprint density at radius 1 is 1.35 bits per heavy atom. The van der Waals surface area contributed by atoms with Gasteiger partial charge in [-0.3, -0.25) is 4.90 Å². The molecule has 3 rings (SSSR count). The van der Waals surface area contributed by atoms with Crippen LogP contribution in [0.1, 0.15) is 19.8 Å². The van der Waals surface area contributed by atoms with Gasteiger partial charge in [0.1, 0.15) is 0 Å². The molecule has 2 unspecified atom stereocenters. The van der Waals surface area contributed by atoms with E-state index in [-0.39, 0.29) is 0 Å². The Labute approximate surface area is 104 Å². The molecule has 0 amide bonds. The Kier molecular flexibility index (Phi) is 3.66. The highest BCUT2D eigenvalue weighted by atomic mass is 16.5. The zero-order valence-electron chi connectivity index (χ0n) is 10.8. The minimum Gasteiger partial charge on any atom is -0.381 e. The lowest BCUT2D eigenvalue weighted by Crippen LogP contribution is -2.58. The van der Waals surface area contributed by atoms with Crippen molar-refractivity contribution in [1.82, 2.24) is 15.5 Å². The summed E-state index contributed by atoms with van der Waals surface area (Å²) in [6.07, 6.45) is 2.44. The Balaban J connectivity index is 1.81. The number of rotatable bonds is 1. The van der Waals surface area contributed by atoms with Gasteiger partial charge in [0.05, 0.1) is 6.61 Å². The number of hydrogen-bond donors (Lipinski definition) is 2. The predicted octanol–water partition coefficient (Wildman–Crippen LogP) is 0.0471. The first kappa shape index (κ1) is 11.9. The summed E-state index contributed by atoms with van der Waals surface area (Å²) in [5.74, 6) is 0.692. The summed E-state index contributed by atoms with van der Waals surface area (Å²) in [6.45, 7) is 8.86. The lowest BCUT2D eigenvalue weighted by Gasteiger charge is -2.43. The fourth-order valence-electron chi connectivity index (χ4n) is 3.87. The van der Waals surface area contributed by atoms with E-state index in [0.717, 1.165) is 32.8 Å². The number of piperazine rings is 1. The molecule has 4 nitrogen and oxygen atoms in total. The van der Waals surface area contributed by atoms with Crippen LogP contribution in [0.2, 0.25) is 0 Å². The van der Waals surface area contributed by atoms with E-state index in [1.807, 2.05) is 0 Å². The summed E-state index contributed by atoms with van der Waals surface area (Å²) < 4.78 is 5.72. The van der Waals surface area contributed by atoms with Crippen LogP contribution in [0.25, 0.3) is 0 Å². The number of hydrogen-bond acceptors (Lipinski definition) is 4. The minimum absolute atomic E-state index is 0.680. The summed E-state index contributed by atoms with van der Waals surface area (Å²) in [5, 5.41) is 7.31. The SMILES string of the molecule is CC[C@H]1[C@@H]2COCCC2NCC2CNCCN21. The van der Waals surface area contributed by atoms with Crippen LogP contribution in [0.4, 0.5) is 0 Å². The molecule has 0 aromatic rings. The Morgan fingerprint density at radius 3 is 3.18 bits per heavy atom. The lowest BCUT2D eigenvalue weighted by molar-refractivity contribution is -0.00905. The zero-order chi connectivity index (χ0) is 11.7. The van der Waals surface area contributed by atoms with Crippen molar-refractivity contribution in [1.29, 1.82) is 0 Å². The van der Waals surface area contributed by atoms with Gasteiger partial charge in [-0.1, -0.05) is 6.92 Å². The molecule has 3 aliphatic rings. The first-order valence-corrected chi connectivity index (χ1v) is 7.17. The summed E-state index contributed by atoms with van der Waals surface area (Å²) >= 11 is 0. The van der Waals surface area contributed by atoms with E-state index in [0.29, 0.717) is 24.0 Å². The van der Waals surface area contributed by atoms with Gasteiger partial charge in [0.25, 0.3) is 0 Å². The molecule has 2 N–H and O–H groups in total. The monoisotopic (exact) mass is 239 g/mol. The van der Waals surface area contributed by atoms with E-state index in [1.165, 1.54) is 19.4 Å². The van der Waals surface area contributed by atoms with Crippen molar-refractivity contribution in [3.8, 4) is 0 Å². The van der Waals surface area contributed by atoms with Crippen LogP contribution in [0.3, 0.4) is 0 Å². The highest BCUT2D eigenvalue weighted by molar-refractivity contribution is 4.97. The van der Waals surface area contributed by atoms with Crippen molar-refractivity contribution in [3.05, 3.63) is 0 Å². The van der Waals surface area contributed by atoms with Crippen molar-refractivity contribution < 1.29 is 4.74 Å². The highest BCUT2D eigenvalue weighted by Gasteiger charge is 2.40. The average molecular weight is 239 g/mol. The fraction of sp³-hybridized carbons (Fsp3) is 1.00. The quantitative estimate of drug-likeness (QED) is 0.678. The van der Waals surface area contributed by atoms with Crippen molar-refractivity contribution in [3.63, 3.8) is 0 Å². The third-order valence-electron chi connectivity index (χ3n) is 4.75. The average Bonchev–Trinajstić information content (AvgIpc) is 2.55. The molecule has 17 heavy (non-hydrogen) atoms. The lowest BCUT2D eigenvalue weighted by atomic mass is 9.86. The van der Waals surface area contributed by atoms with Gasteiger partial charge in [-0.2, -0.15) is 0 Å². The Hall–Kier alpha value is -0.160. The third kappa shape index (κ3) is 2.24. The van der Waals surface area contributed by atoms with Crippen molar-refractivity contribution >= 4 is 0 Å². The van der Waals surface area contributed by atoms with Crippen LogP contribution in [-0.2, 0) is 4.74 Å². The Morgan fingerprint density at radius 2 is 2.29 bits per heavy atom. The maximum absolute atomic E-state index is 5.72. The largest absolute Gasteiger partial charge is 0.381 e. The smallest absolute Gasteiger partial charge is 0.0524 e. The third-order valence-corrected chi connectivity index (χ3v) is 4.75. The fourth-order valence-corrected chi connectivity index (χ4v) is 3.87. The maximum atomic E-state index is 5.72. The van der Waals surface area contributed by atoms with E-state index in [9.17, 15) is 0 Å². The second kappa shape index (κ2) is 5.22. The van der Waals surface area contributed by atoms with E-state index < -0.39 is 0 Å². The molecule has 0 aromatic carbocycles. The van der Waals surface area contributed by atoms with E-state index >= 15 is 0 Å². The van der Waals surface area contributed by atoms with Crippen LogP contribution in [0.15, 0.2) is 0 Å². The zero-order valence-corrected chi connectivity index (χ0v) is 10.8. The summed E-state index contributed by atoms with van der Waals surface area (Å²) in [5.41, 5.74) is 0. The topological polar surface area (TPSA) is 36.5 Å². The number of nitrogens with one attached hydrogen (secondary N) is 2. The number of fused-ring (bicyclic) bond motifs is 2. The van der Waals surface area contributed by atoms with Crippen molar-refractivity contribution in [2.45, 2.75) is 37.9 Å². The van der Waals surface area contributed by atoms with Crippen molar-refractivity contribution in [2.24, 2.45) is 5.92 Å². The van der Waals surface area contributed by atoms with Crippen LogP contribution in [0, 0.1) is 5.92 Å². The highest BCUT2D eigenvalue weighted by Crippen LogP contribution is 2.28. The predicted molar refractivity (Wildman–Crippen MR) is 68.2 cm³/mol. The van der Waals surface area contributed by atoms with Crippen molar-refractivity contribution in [2.75, 3.05) is 39.4 Å². The van der Waals surface area contributed by atoms with Gasteiger partial charge in [-0.05, 0) is 12.8 Å². The molecule has 4 heteroatoms. The molecule has 3 heterocycles. The van der Waals surface area contributed by atoms with Crippen LogP contribution in [-0.4, -0.2) is 62.4 Å². The van der Waals surface area contributed by atoms with E-state index in [4.69, 9.17) is 4.74 Å². The summed E-state index contributed by atoms with van der Waals surface area (Å²) in [7, 11) is 0. The van der Waals surface area contributed by atoms with Gasteiger partial charge >= 0.3 is 0 Å². The second-order valence-corrected chi connectivity index (χ2v) is 5.61. The maximum Gasteiger partial charge on any atom is 0.0524 e. The standard InChI is InChI=1S/C13H25N3O/c1-2-13-11-9-17-6-3-12(11)15-8-10-7-14-4-5-16(10)13/h10-15H,2-9H2,1H3/t10?,11-,12?,13+/m1/s1. The molecule has 3 aliphatic heterocycles. The first-order valence-electron chi connectivity index (χ1n) is 7.17. The van der Waals surface area contributed by atoms with Gasteiger partial charge in [-0.15, -0.1) is 0 Å². The van der Waals surface area contributed by atoms with Gasteiger partial charge in [0.2, 0.25) is 0 Å². The molecule has 0 bridgehead atoms. The van der Waals surface area contributed by atoms with Gasteiger partial charge in [-0.25, -0.2) is 0 Å². The second-order valence-electron chi connectivity index (χ2n) is 5.61. The van der Waals surface area contributed by atoms with Gasteiger partial charge in [0.15, 0.2) is 0 Å². The molecule has 0 aromatic heterocycles. The molecule has 0 spiro atoms. The minimum atomic E-state index is 0.680. The van der Waals surface area contributed by atoms with E-state index in [2.05, 4.69) is 22.5 Å². The molecule has 0 saturated carbocycles. The molecule has 3 saturated heterocycles.